The maximum Gasteiger partial charge on any atom is 0.247 e. The van der Waals surface area contributed by atoms with E-state index < -0.39 is 6.04 Å². The average molecular weight is 575 g/mol. The van der Waals surface area contributed by atoms with Gasteiger partial charge in [0.2, 0.25) is 11.8 Å². The number of rotatable bonds is 11. The van der Waals surface area contributed by atoms with Gasteiger partial charge in [-0.1, -0.05) is 53.7 Å². The predicted molar refractivity (Wildman–Crippen MR) is 162 cm³/mol. The molecule has 0 saturated heterocycles. The van der Waals surface area contributed by atoms with Crippen molar-refractivity contribution < 1.29 is 19.1 Å². The molecule has 1 aromatic heterocycles. The number of hydrogen-bond acceptors (Lipinski definition) is 7. The van der Waals surface area contributed by atoms with Gasteiger partial charge in [-0.25, -0.2) is 9.97 Å². The van der Waals surface area contributed by atoms with Crippen LogP contribution in [0.1, 0.15) is 41.8 Å². The van der Waals surface area contributed by atoms with E-state index in [1.54, 1.807) is 37.3 Å². The molecule has 0 saturated carbocycles. The van der Waals surface area contributed by atoms with Crippen LogP contribution in [0.2, 0.25) is 0 Å². The summed E-state index contributed by atoms with van der Waals surface area (Å²) in [6.45, 7) is 6.16. The molecular weight excluding hydrogens is 536 g/mol. The number of carbonyl (C=O) groups is 2. The lowest BCUT2D eigenvalue weighted by Gasteiger charge is -2.37. The van der Waals surface area contributed by atoms with E-state index in [1.807, 2.05) is 51.1 Å². The monoisotopic (exact) mass is 574 g/mol. The van der Waals surface area contributed by atoms with E-state index in [9.17, 15) is 9.59 Å². The Labute approximate surface area is 246 Å². The Bertz CT molecular complexity index is 1370. The topological polar surface area (TPSA) is 93.7 Å². The zero-order chi connectivity index (χ0) is 29.4. The Kier molecular flexibility index (Phi) is 10.4. The van der Waals surface area contributed by atoms with E-state index in [2.05, 4.69) is 27.4 Å². The van der Waals surface area contributed by atoms with Crippen LogP contribution in [0.15, 0.2) is 65.8 Å². The van der Waals surface area contributed by atoms with E-state index in [4.69, 9.17) is 9.47 Å². The Morgan fingerprint density at radius 2 is 1.73 bits per heavy atom. The quantitative estimate of drug-likeness (QED) is 0.173. The molecule has 2 amide bonds. The molecule has 0 aliphatic heterocycles. The van der Waals surface area contributed by atoms with Crippen LogP contribution in [-0.2, 0) is 16.1 Å². The first-order valence-electron chi connectivity index (χ1n) is 13.8. The summed E-state index contributed by atoms with van der Waals surface area (Å²) in [5.41, 5.74) is 4.32. The number of carbonyl (C=O) groups excluding carboxylic acids is 2. The molecule has 1 aliphatic carbocycles. The molecule has 2 aromatic carbocycles. The molecule has 41 heavy (non-hydrogen) atoms. The van der Waals surface area contributed by atoms with Crippen molar-refractivity contribution in [3.05, 3.63) is 83.2 Å². The number of allylic oxidation sites excluding steroid dienone is 2. The Hall–Kier alpha value is -3.85. The minimum atomic E-state index is -0.693. The molecule has 2 atom stereocenters. The molecule has 4 rings (SSSR count). The standard InChI is InChI=1S/C32H38N4O4S/c1-21-11-13-24(14-12-21)19-36(29(37)20-41-32-33-22(2)17-23(3)34-32)30(25-9-7-6-8-10-25)31(38)35-27-16-15-26(39-4)18-28(27)40-5/h6-7,11-18,25,30H,8-10,19-20H2,1-5H3,(H,35,38). The number of aromatic nitrogens is 2. The molecule has 216 valence electrons. The molecule has 9 heteroatoms. The third-order valence-corrected chi connectivity index (χ3v) is 7.94. The van der Waals surface area contributed by atoms with Crippen molar-refractivity contribution in [3.8, 4) is 11.5 Å². The first-order valence-corrected chi connectivity index (χ1v) is 14.7. The van der Waals surface area contributed by atoms with Crippen LogP contribution in [-0.4, -0.2) is 52.7 Å². The minimum absolute atomic E-state index is 0.0406. The minimum Gasteiger partial charge on any atom is -0.497 e. The lowest BCUT2D eigenvalue weighted by atomic mass is 9.85. The number of ether oxygens (including phenoxy) is 2. The summed E-state index contributed by atoms with van der Waals surface area (Å²) in [6.07, 6.45) is 6.62. The van der Waals surface area contributed by atoms with Gasteiger partial charge in [0.1, 0.15) is 17.5 Å². The van der Waals surface area contributed by atoms with E-state index in [-0.39, 0.29) is 23.5 Å². The lowest BCUT2D eigenvalue weighted by molar-refractivity contribution is -0.139. The highest BCUT2D eigenvalue weighted by Gasteiger charge is 2.37. The van der Waals surface area contributed by atoms with Gasteiger partial charge in [0.15, 0.2) is 5.16 Å². The van der Waals surface area contributed by atoms with Gasteiger partial charge in [0.25, 0.3) is 0 Å². The number of nitrogens with one attached hydrogen (secondary N) is 1. The van der Waals surface area contributed by atoms with Gasteiger partial charge in [0, 0.05) is 24.0 Å². The van der Waals surface area contributed by atoms with E-state index in [0.717, 1.165) is 35.4 Å². The molecule has 0 radical (unpaired) electrons. The fourth-order valence-corrected chi connectivity index (χ4v) is 5.86. The van der Waals surface area contributed by atoms with Crippen LogP contribution in [0.25, 0.3) is 0 Å². The molecule has 1 heterocycles. The molecule has 0 fully saturated rings. The molecule has 0 bridgehead atoms. The first-order chi connectivity index (χ1) is 19.8. The third-order valence-electron chi connectivity index (χ3n) is 7.11. The third kappa shape index (κ3) is 8.10. The summed E-state index contributed by atoms with van der Waals surface area (Å²) >= 11 is 1.30. The largest absolute Gasteiger partial charge is 0.497 e. The second-order valence-corrected chi connectivity index (χ2v) is 11.2. The molecule has 1 aliphatic rings. The Morgan fingerprint density at radius 3 is 2.37 bits per heavy atom. The van der Waals surface area contributed by atoms with Gasteiger partial charge in [-0.2, -0.15) is 0 Å². The second kappa shape index (κ2) is 14.2. The fraction of sp³-hybridized carbons (Fsp3) is 0.375. The summed E-state index contributed by atoms with van der Waals surface area (Å²) in [5.74, 6) is 0.791. The maximum absolute atomic E-state index is 14.1. The molecule has 3 aromatic rings. The predicted octanol–water partition coefficient (Wildman–Crippen LogP) is 5.90. The Balaban J connectivity index is 1.67. The molecule has 8 nitrogen and oxygen atoms in total. The number of benzene rings is 2. The smallest absolute Gasteiger partial charge is 0.247 e. The van der Waals surface area contributed by atoms with Gasteiger partial charge in [0.05, 0.1) is 25.7 Å². The van der Waals surface area contributed by atoms with Crippen molar-refractivity contribution in [1.82, 2.24) is 14.9 Å². The molecule has 0 spiro atoms. The number of amides is 2. The van der Waals surface area contributed by atoms with Crippen LogP contribution < -0.4 is 14.8 Å². The highest BCUT2D eigenvalue weighted by molar-refractivity contribution is 7.99. The van der Waals surface area contributed by atoms with Crippen molar-refractivity contribution >= 4 is 29.3 Å². The number of anilines is 1. The highest BCUT2D eigenvalue weighted by Crippen LogP contribution is 2.32. The first kappa shape index (κ1) is 30.1. The maximum atomic E-state index is 14.1. The number of methoxy groups -OCH3 is 2. The zero-order valence-electron chi connectivity index (χ0n) is 24.3. The molecule has 1 N–H and O–H groups in total. The van der Waals surface area contributed by atoms with E-state index >= 15 is 0 Å². The van der Waals surface area contributed by atoms with Crippen molar-refractivity contribution in [1.29, 1.82) is 0 Å². The number of hydrogen-bond donors (Lipinski definition) is 1. The summed E-state index contributed by atoms with van der Waals surface area (Å²) in [7, 11) is 3.13. The summed E-state index contributed by atoms with van der Waals surface area (Å²) in [5, 5.41) is 3.61. The fourth-order valence-electron chi connectivity index (χ4n) is 5.02. The van der Waals surface area contributed by atoms with Crippen LogP contribution in [0.3, 0.4) is 0 Å². The molecule has 2 unspecified atom stereocenters. The lowest BCUT2D eigenvalue weighted by Crippen LogP contribution is -2.51. The van der Waals surface area contributed by atoms with Crippen molar-refractivity contribution in [2.75, 3.05) is 25.3 Å². The van der Waals surface area contributed by atoms with E-state index in [1.165, 1.54) is 11.8 Å². The summed E-state index contributed by atoms with van der Waals surface area (Å²) < 4.78 is 10.8. The number of nitrogens with zero attached hydrogens (tertiary/aromatic N) is 3. The van der Waals surface area contributed by atoms with Crippen LogP contribution in [0, 0.1) is 26.7 Å². The van der Waals surface area contributed by atoms with E-state index in [0.29, 0.717) is 35.3 Å². The second-order valence-electron chi connectivity index (χ2n) is 10.3. The SMILES string of the molecule is COc1ccc(NC(=O)C(C2CC=CCC2)N(Cc2ccc(C)cc2)C(=O)CSc2nc(C)cc(C)n2)c(OC)c1. The summed E-state index contributed by atoms with van der Waals surface area (Å²) in [4.78, 5) is 38.9. The van der Waals surface area contributed by atoms with Crippen LogP contribution in [0.4, 0.5) is 5.69 Å². The average Bonchev–Trinajstić information content (AvgIpc) is 2.97. The van der Waals surface area contributed by atoms with Gasteiger partial charge < -0.3 is 19.7 Å². The normalized spacial score (nSPS) is 15.2. The number of thioether (sulfide) groups is 1. The summed E-state index contributed by atoms with van der Waals surface area (Å²) in [6, 6.07) is 14.5. The van der Waals surface area contributed by atoms with Gasteiger partial charge in [-0.3, -0.25) is 9.59 Å². The number of aryl methyl sites for hydroxylation is 3. The molecular formula is C32H38N4O4S. The van der Waals surface area contributed by atoms with Gasteiger partial charge in [-0.05, 0) is 69.7 Å². The van der Waals surface area contributed by atoms with Crippen LogP contribution >= 0.6 is 11.8 Å². The van der Waals surface area contributed by atoms with Crippen molar-refractivity contribution in [2.45, 2.75) is 57.8 Å². The van der Waals surface area contributed by atoms with Gasteiger partial charge >= 0.3 is 0 Å². The van der Waals surface area contributed by atoms with Gasteiger partial charge in [-0.15, -0.1) is 0 Å². The van der Waals surface area contributed by atoms with Crippen molar-refractivity contribution in [3.63, 3.8) is 0 Å². The Morgan fingerprint density at radius 1 is 1.00 bits per heavy atom. The van der Waals surface area contributed by atoms with Crippen LogP contribution in [0.5, 0.6) is 11.5 Å². The zero-order valence-corrected chi connectivity index (χ0v) is 25.2. The van der Waals surface area contributed by atoms with Crippen molar-refractivity contribution in [2.24, 2.45) is 5.92 Å². The highest BCUT2D eigenvalue weighted by atomic mass is 32.2.